The van der Waals surface area contributed by atoms with Gasteiger partial charge in [0, 0.05) is 32.7 Å². The van der Waals surface area contributed by atoms with E-state index in [0.29, 0.717) is 0 Å². The van der Waals surface area contributed by atoms with E-state index in [1.54, 1.807) is 24.5 Å². The molecule has 0 spiro atoms. The Hall–Kier alpha value is 0.254. The van der Waals surface area contributed by atoms with E-state index in [-0.39, 0.29) is 32.7 Å². The Morgan fingerprint density at radius 1 is 1.14 bits per heavy atom. The summed E-state index contributed by atoms with van der Waals surface area (Å²) in [5, 5.41) is 0. The fourth-order valence-electron chi connectivity index (χ4n) is 0.277. The maximum atomic E-state index is 3.75. The average molecular weight is 167 g/mol. The molecule has 33 valence electrons. The zero-order chi connectivity index (χ0) is 4.24. The molecule has 1 aromatic rings. The molecule has 0 aliphatic heterocycles. The van der Waals surface area contributed by atoms with E-state index in [1.807, 2.05) is 0 Å². The van der Waals surface area contributed by atoms with Crippen LogP contribution in [0, 0.1) is 6.07 Å². The molecule has 0 aliphatic carbocycles. The largest absolute Gasteiger partial charge is 0.391 e. The molecule has 2 heteroatoms. The standard InChI is InChI=1S/C5H4N.Y/c1-2-4-6-5-3-1;/h2-5H;/q-1;. The van der Waals surface area contributed by atoms with Crippen LogP contribution in [0.15, 0.2) is 24.5 Å². The molecule has 1 nitrogen and oxygen atoms in total. The second-order valence-electron chi connectivity index (χ2n) is 0.947. The minimum Gasteiger partial charge on any atom is -0.391 e. The molecule has 0 fully saturated rings. The number of aromatic nitrogens is 1. The quantitative estimate of drug-likeness (QED) is 0.522. The van der Waals surface area contributed by atoms with Crippen molar-refractivity contribution in [2.24, 2.45) is 0 Å². The normalized spacial score (nSPS) is 6.86. The summed E-state index contributed by atoms with van der Waals surface area (Å²) in [5.41, 5.74) is 0. The van der Waals surface area contributed by atoms with E-state index >= 15 is 0 Å². The van der Waals surface area contributed by atoms with Crippen molar-refractivity contribution in [3.63, 3.8) is 0 Å². The Bertz CT molecular complexity index is 80.0. The number of hydrogen-bond acceptors (Lipinski definition) is 1. The molecular weight excluding hydrogens is 163 g/mol. The van der Waals surface area contributed by atoms with E-state index in [0.717, 1.165) is 0 Å². The first-order chi connectivity index (χ1) is 3.00. The van der Waals surface area contributed by atoms with Crippen molar-refractivity contribution in [1.29, 1.82) is 0 Å². The summed E-state index contributed by atoms with van der Waals surface area (Å²) < 4.78 is 0. The van der Waals surface area contributed by atoms with Crippen molar-refractivity contribution >= 4 is 0 Å². The van der Waals surface area contributed by atoms with Gasteiger partial charge in [0.05, 0.1) is 0 Å². The average Bonchev–Trinajstić information content (AvgIpc) is 1.72. The third kappa shape index (κ3) is 2.89. The maximum absolute atomic E-state index is 3.75. The minimum atomic E-state index is 0. The Balaban J connectivity index is 0.000000360. The number of pyridine rings is 1. The molecule has 1 radical (unpaired) electrons. The number of nitrogens with zero attached hydrogens (tertiary/aromatic N) is 1. The molecule has 0 atom stereocenters. The molecule has 0 bridgehead atoms. The molecule has 0 aliphatic rings. The van der Waals surface area contributed by atoms with Gasteiger partial charge in [0.25, 0.3) is 0 Å². The number of rotatable bonds is 0. The van der Waals surface area contributed by atoms with Gasteiger partial charge in [-0.3, -0.25) is 0 Å². The van der Waals surface area contributed by atoms with E-state index in [2.05, 4.69) is 11.1 Å². The van der Waals surface area contributed by atoms with Crippen molar-refractivity contribution in [2.75, 3.05) is 0 Å². The molecule has 7 heavy (non-hydrogen) atoms. The summed E-state index contributed by atoms with van der Waals surface area (Å²) in [6.45, 7) is 0. The van der Waals surface area contributed by atoms with Crippen molar-refractivity contribution in [3.05, 3.63) is 30.6 Å². The van der Waals surface area contributed by atoms with E-state index in [9.17, 15) is 0 Å². The van der Waals surface area contributed by atoms with E-state index in [4.69, 9.17) is 0 Å². The fourth-order valence-corrected chi connectivity index (χ4v) is 0.277. The van der Waals surface area contributed by atoms with Crippen LogP contribution in [0.25, 0.3) is 0 Å². The van der Waals surface area contributed by atoms with Gasteiger partial charge in [0.15, 0.2) is 0 Å². The molecular formula is C5H4NY-. The van der Waals surface area contributed by atoms with Gasteiger partial charge in [-0.2, -0.15) is 18.2 Å². The van der Waals surface area contributed by atoms with Crippen LogP contribution in [0.4, 0.5) is 0 Å². The van der Waals surface area contributed by atoms with Crippen molar-refractivity contribution in [3.8, 4) is 0 Å². The van der Waals surface area contributed by atoms with Gasteiger partial charge in [-0.15, -0.1) is 0 Å². The van der Waals surface area contributed by atoms with E-state index < -0.39 is 0 Å². The second kappa shape index (κ2) is 4.41. The van der Waals surface area contributed by atoms with Crippen LogP contribution >= 0.6 is 0 Å². The van der Waals surface area contributed by atoms with Crippen LogP contribution < -0.4 is 0 Å². The summed E-state index contributed by atoms with van der Waals surface area (Å²) in [6.07, 6.45) is 3.39. The third-order valence-electron chi connectivity index (χ3n) is 0.514. The van der Waals surface area contributed by atoms with Crippen molar-refractivity contribution in [1.82, 2.24) is 4.98 Å². The summed E-state index contributed by atoms with van der Waals surface area (Å²) in [6, 6.07) is 6.36. The molecule has 1 rings (SSSR count). The SMILES string of the molecule is [Y].[c-]1ccncc1. The Kier molecular flexibility index (Phi) is 4.57. The van der Waals surface area contributed by atoms with Crippen LogP contribution in [0.2, 0.25) is 0 Å². The fraction of sp³-hybridized carbons (Fsp3) is 0. The zero-order valence-corrected chi connectivity index (χ0v) is 6.67. The summed E-state index contributed by atoms with van der Waals surface area (Å²) in [4.78, 5) is 3.75. The molecule has 0 saturated heterocycles. The first kappa shape index (κ1) is 7.25. The van der Waals surface area contributed by atoms with Crippen LogP contribution in [0.1, 0.15) is 0 Å². The minimum absolute atomic E-state index is 0. The van der Waals surface area contributed by atoms with Gasteiger partial charge < -0.3 is 4.98 Å². The topological polar surface area (TPSA) is 12.9 Å². The molecule has 0 saturated carbocycles. The van der Waals surface area contributed by atoms with Crippen LogP contribution in [0.5, 0.6) is 0 Å². The van der Waals surface area contributed by atoms with Gasteiger partial charge in [0.2, 0.25) is 0 Å². The van der Waals surface area contributed by atoms with E-state index in [1.165, 1.54) is 0 Å². The van der Waals surface area contributed by atoms with Crippen LogP contribution in [0.3, 0.4) is 0 Å². The Morgan fingerprint density at radius 3 is 1.86 bits per heavy atom. The van der Waals surface area contributed by atoms with Crippen LogP contribution in [-0.2, 0) is 32.7 Å². The van der Waals surface area contributed by atoms with Gasteiger partial charge in [-0.25, -0.2) is 0 Å². The second-order valence-corrected chi connectivity index (χ2v) is 0.947. The molecule has 1 aromatic heterocycles. The first-order valence-corrected chi connectivity index (χ1v) is 1.76. The third-order valence-corrected chi connectivity index (χ3v) is 0.514. The summed E-state index contributed by atoms with van der Waals surface area (Å²) in [7, 11) is 0. The maximum Gasteiger partial charge on any atom is 0 e. The summed E-state index contributed by atoms with van der Waals surface area (Å²) in [5.74, 6) is 0. The predicted octanol–water partition coefficient (Wildman–Crippen LogP) is 0.879. The zero-order valence-electron chi connectivity index (χ0n) is 3.83. The molecule has 0 amide bonds. The molecule has 0 unspecified atom stereocenters. The Labute approximate surface area is 68.0 Å². The molecule has 0 aromatic carbocycles. The summed E-state index contributed by atoms with van der Waals surface area (Å²) >= 11 is 0. The smallest absolute Gasteiger partial charge is 0 e. The van der Waals surface area contributed by atoms with Crippen molar-refractivity contribution in [2.45, 2.75) is 0 Å². The monoisotopic (exact) mass is 167 g/mol. The Morgan fingerprint density at radius 2 is 1.71 bits per heavy atom. The van der Waals surface area contributed by atoms with Gasteiger partial charge in [-0.1, -0.05) is 12.4 Å². The molecule has 0 N–H and O–H groups in total. The molecule has 1 heterocycles. The van der Waals surface area contributed by atoms with Gasteiger partial charge >= 0.3 is 0 Å². The van der Waals surface area contributed by atoms with Crippen LogP contribution in [-0.4, -0.2) is 4.98 Å². The van der Waals surface area contributed by atoms with Gasteiger partial charge in [-0.05, 0) is 0 Å². The van der Waals surface area contributed by atoms with Crippen molar-refractivity contribution < 1.29 is 32.7 Å². The predicted molar refractivity (Wildman–Crippen MR) is 23.1 cm³/mol. The number of hydrogen-bond donors (Lipinski definition) is 0. The van der Waals surface area contributed by atoms with Gasteiger partial charge in [0.1, 0.15) is 0 Å². The first-order valence-electron chi connectivity index (χ1n) is 1.76.